The van der Waals surface area contributed by atoms with E-state index in [9.17, 15) is 9.59 Å². The maximum absolute atomic E-state index is 12.5. The minimum Gasteiger partial charge on any atom is -0.444 e. The van der Waals surface area contributed by atoms with Crippen LogP contribution < -0.4 is 16.2 Å². The number of aromatic nitrogens is 2. The summed E-state index contributed by atoms with van der Waals surface area (Å²) < 4.78 is 7.24. The zero-order valence-corrected chi connectivity index (χ0v) is 22.6. The molecule has 2 heterocycles. The molecule has 37 heavy (non-hydrogen) atoms. The van der Waals surface area contributed by atoms with Gasteiger partial charge in [0.05, 0.1) is 17.2 Å². The Morgan fingerprint density at radius 3 is 2.57 bits per heavy atom. The molecule has 1 aromatic heterocycles. The molecule has 0 aliphatic carbocycles. The predicted octanol–water partition coefficient (Wildman–Crippen LogP) is 4.61. The smallest absolute Gasteiger partial charge is 0.412 e. The molecule has 0 spiro atoms. The average molecular weight is 506 g/mol. The Hall–Kier alpha value is -3.23. The van der Waals surface area contributed by atoms with E-state index in [0.29, 0.717) is 12.6 Å². The summed E-state index contributed by atoms with van der Waals surface area (Å²) in [6.07, 6.45) is 3.10. The van der Waals surface area contributed by atoms with Gasteiger partial charge in [0.15, 0.2) is 0 Å². The first-order chi connectivity index (χ1) is 17.6. The fraction of sp³-hybridized carbons (Fsp3) is 0.483. The van der Waals surface area contributed by atoms with Crippen molar-refractivity contribution in [1.82, 2.24) is 19.8 Å². The summed E-state index contributed by atoms with van der Waals surface area (Å²) in [7, 11) is 0. The molecular formula is C29H39N5O3. The van der Waals surface area contributed by atoms with Gasteiger partial charge in [0.25, 0.3) is 5.56 Å². The molecule has 1 fully saturated rings. The van der Waals surface area contributed by atoms with Crippen molar-refractivity contribution in [2.24, 2.45) is 0 Å². The Balaban J connectivity index is 1.26. The van der Waals surface area contributed by atoms with Crippen molar-refractivity contribution in [3.8, 4) is 0 Å². The lowest BCUT2D eigenvalue weighted by Gasteiger charge is -2.32. The number of anilines is 1. The van der Waals surface area contributed by atoms with Crippen LogP contribution in [0.4, 0.5) is 10.5 Å². The van der Waals surface area contributed by atoms with E-state index in [1.807, 2.05) is 69.5 Å². The van der Waals surface area contributed by atoms with Gasteiger partial charge in [0, 0.05) is 31.4 Å². The molecule has 4 rings (SSSR count). The summed E-state index contributed by atoms with van der Waals surface area (Å²) >= 11 is 0. The van der Waals surface area contributed by atoms with Crippen LogP contribution in [0.3, 0.4) is 0 Å². The van der Waals surface area contributed by atoms with E-state index in [2.05, 4.69) is 26.6 Å². The maximum atomic E-state index is 12.5. The Labute approximate surface area is 219 Å². The highest BCUT2D eigenvalue weighted by Gasteiger charge is 2.20. The summed E-state index contributed by atoms with van der Waals surface area (Å²) in [5, 5.41) is 6.55. The number of likely N-dealkylation sites (tertiary alicyclic amines) is 1. The highest BCUT2D eigenvalue weighted by molar-refractivity contribution is 5.86. The Morgan fingerprint density at radius 1 is 1.08 bits per heavy atom. The molecule has 2 aromatic carbocycles. The molecular weight excluding hydrogens is 466 g/mol. The highest BCUT2D eigenvalue weighted by atomic mass is 16.6. The monoisotopic (exact) mass is 505 g/mol. The van der Waals surface area contributed by atoms with E-state index in [4.69, 9.17) is 4.74 Å². The van der Waals surface area contributed by atoms with Crippen LogP contribution >= 0.6 is 0 Å². The van der Waals surface area contributed by atoms with Crippen LogP contribution in [0.1, 0.15) is 50.3 Å². The summed E-state index contributed by atoms with van der Waals surface area (Å²) in [5.74, 6) is 0. The number of nitrogens with zero attached hydrogens (tertiary/aromatic N) is 3. The molecule has 0 bridgehead atoms. The molecule has 1 aliphatic heterocycles. The van der Waals surface area contributed by atoms with Gasteiger partial charge in [-0.1, -0.05) is 18.2 Å². The maximum Gasteiger partial charge on any atom is 0.412 e. The number of carbonyl (C=O) groups is 1. The van der Waals surface area contributed by atoms with Crippen LogP contribution in [0.15, 0.2) is 47.4 Å². The molecule has 3 aromatic rings. The second-order valence-electron chi connectivity index (χ2n) is 11.0. The molecule has 1 saturated heterocycles. The lowest BCUT2D eigenvalue weighted by molar-refractivity contribution is 0.0636. The van der Waals surface area contributed by atoms with Crippen molar-refractivity contribution >= 4 is 22.8 Å². The second kappa shape index (κ2) is 11.4. The number of carbonyl (C=O) groups excluding carboxylic acids is 1. The van der Waals surface area contributed by atoms with E-state index in [0.717, 1.165) is 72.4 Å². The summed E-state index contributed by atoms with van der Waals surface area (Å²) in [6.45, 7) is 13.8. The molecule has 0 unspecified atom stereocenters. The second-order valence-corrected chi connectivity index (χ2v) is 11.0. The summed E-state index contributed by atoms with van der Waals surface area (Å²) in [5.41, 5.74) is 5.20. The highest BCUT2D eigenvalue weighted by Crippen LogP contribution is 2.20. The number of aryl methyl sites for hydroxylation is 2. The van der Waals surface area contributed by atoms with Crippen LogP contribution in [0.25, 0.3) is 11.0 Å². The van der Waals surface area contributed by atoms with E-state index >= 15 is 0 Å². The Kier molecular flexibility index (Phi) is 8.29. The largest absolute Gasteiger partial charge is 0.444 e. The minimum absolute atomic E-state index is 0.0479. The fourth-order valence-electron chi connectivity index (χ4n) is 4.69. The van der Waals surface area contributed by atoms with Crippen LogP contribution in [-0.4, -0.2) is 51.8 Å². The SMILES string of the molecule is Cc1ccc2ncc(=O)n(CCN3CCC(NCc4ccc(C)c(NC(=O)OC(C)(C)C)c4)CC3)c2c1. The van der Waals surface area contributed by atoms with Crippen LogP contribution in [0.2, 0.25) is 0 Å². The summed E-state index contributed by atoms with van der Waals surface area (Å²) in [4.78, 5) is 31.4. The summed E-state index contributed by atoms with van der Waals surface area (Å²) in [6, 6.07) is 12.6. The van der Waals surface area contributed by atoms with Crippen molar-refractivity contribution in [2.75, 3.05) is 25.0 Å². The third-order valence-electron chi connectivity index (χ3n) is 6.76. The lowest BCUT2D eigenvalue weighted by Crippen LogP contribution is -2.43. The number of benzene rings is 2. The fourth-order valence-corrected chi connectivity index (χ4v) is 4.69. The normalized spacial score (nSPS) is 15.2. The van der Waals surface area contributed by atoms with Crippen molar-refractivity contribution in [1.29, 1.82) is 0 Å². The van der Waals surface area contributed by atoms with Gasteiger partial charge in [-0.25, -0.2) is 9.78 Å². The predicted molar refractivity (Wildman–Crippen MR) is 148 cm³/mol. The number of fused-ring (bicyclic) bond motifs is 1. The number of ether oxygens (including phenoxy) is 1. The third kappa shape index (κ3) is 7.40. The van der Waals surface area contributed by atoms with Crippen molar-refractivity contribution < 1.29 is 9.53 Å². The van der Waals surface area contributed by atoms with Gasteiger partial charge >= 0.3 is 6.09 Å². The van der Waals surface area contributed by atoms with Crippen molar-refractivity contribution in [3.05, 3.63) is 69.6 Å². The first kappa shape index (κ1) is 26.8. The van der Waals surface area contributed by atoms with E-state index in [1.54, 1.807) is 0 Å². The lowest BCUT2D eigenvalue weighted by atomic mass is 10.0. The van der Waals surface area contributed by atoms with Gasteiger partial charge in [-0.3, -0.25) is 10.1 Å². The zero-order valence-electron chi connectivity index (χ0n) is 22.6. The van der Waals surface area contributed by atoms with Gasteiger partial charge in [-0.05, 0) is 95.4 Å². The van der Waals surface area contributed by atoms with Gasteiger partial charge < -0.3 is 19.5 Å². The van der Waals surface area contributed by atoms with Crippen molar-refractivity contribution in [2.45, 2.75) is 72.2 Å². The van der Waals surface area contributed by atoms with Gasteiger partial charge in [-0.2, -0.15) is 0 Å². The molecule has 8 heteroatoms. The average Bonchev–Trinajstić information content (AvgIpc) is 2.83. The van der Waals surface area contributed by atoms with Crippen molar-refractivity contribution in [3.63, 3.8) is 0 Å². The topological polar surface area (TPSA) is 88.5 Å². The van der Waals surface area contributed by atoms with Gasteiger partial charge in [-0.15, -0.1) is 0 Å². The molecule has 1 aliphatic rings. The number of amides is 1. The number of piperidine rings is 1. The Morgan fingerprint density at radius 2 is 1.84 bits per heavy atom. The number of hydrogen-bond donors (Lipinski definition) is 2. The van der Waals surface area contributed by atoms with E-state index < -0.39 is 11.7 Å². The zero-order chi connectivity index (χ0) is 26.6. The molecule has 0 saturated carbocycles. The van der Waals surface area contributed by atoms with Crippen LogP contribution in [0.5, 0.6) is 0 Å². The molecule has 0 radical (unpaired) electrons. The molecule has 0 atom stereocenters. The standard InChI is InChI=1S/C29H39N5O3/c1-20-6-9-24-26(16-20)34(27(35)19-31-24)15-14-33-12-10-23(11-13-33)30-18-22-8-7-21(2)25(17-22)32-28(36)37-29(3,4)5/h6-9,16-17,19,23,30H,10-15,18H2,1-5H3,(H,32,36). The first-order valence-electron chi connectivity index (χ1n) is 13.1. The molecule has 1 amide bonds. The Bertz CT molecular complexity index is 1300. The van der Waals surface area contributed by atoms with Gasteiger partial charge in [0.1, 0.15) is 5.60 Å². The van der Waals surface area contributed by atoms with E-state index in [1.165, 1.54) is 6.20 Å². The van der Waals surface area contributed by atoms with Crippen LogP contribution in [-0.2, 0) is 17.8 Å². The van der Waals surface area contributed by atoms with Crippen LogP contribution in [0, 0.1) is 13.8 Å². The molecule has 2 N–H and O–H groups in total. The third-order valence-corrected chi connectivity index (χ3v) is 6.76. The number of hydrogen-bond acceptors (Lipinski definition) is 6. The molecule has 198 valence electrons. The minimum atomic E-state index is -0.535. The first-order valence-corrected chi connectivity index (χ1v) is 13.1. The van der Waals surface area contributed by atoms with Gasteiger partial charge in [0.2, 0.25) is 0 Å². The van der Waals surface area contributed by atoms with E-state index in [-0.39, 0.29) is 5.56 Å². The molecule has 8 nitrogen and oxygen atoms in total. The quantitative estimate of drug-likeness (QED) is 0.487. The number of nitrogens with one attached hydrogen (secondary N) is 2. The number of rotatable bonds is 7.